The molecule has 3 rings (SSSR count). The van der Waals surface area contributed by atoms with Crippen LogP contribution in [0.15, 0.2) is 5.38 Å². The van der Waals surface area contributed by atoms with Crippen LogP contribution in [0.4, 0.5) is 0 Å². The predicted octanol–water partition coefficient (Wildman–Crippen LogP) is 2.45. The van der Waals surface area contributed by atoms with E-state index in [1.165, 1.54) is 0 Å². The Bertz CT molecular complexity index is 514. The lowest BCUT2D eigenvalue weighted by molar-refractivity contribution is -0.131. The molecule has 128 valence electrons. The van der Waals surface area contributed by atoms with E-state index in [1.807, 2.05) is 11.8 Å². The average molecular weight is 337 g/mol. The summed E-state index contributed by atoms with van der Waals surface area (Å²) in [5, 5.41) is 3.27. The number of nitrogens with zero attached hydrogens (tertiary/aromatic N) is 3. The molecule has 23 heavy (non-hydrogen) atoms. The van der Waals surface area contributed by atoms with Crippen molar-refractivity contribution in [1.29, 1.82) is 0 Å². The SMILES string of the molecule is Cc1nc(CN2CCCN(C(=O)CC[C@@H]3CCCO3)CC2)cs1. The third-order valence-electron chi connectivity index (χ3n) is 4.70. The largest absolute Gasteiger partial charge is 0.378 e. The van der Waals surface area contributed by atoms with E-state index in [1.54, 1.807) is 11.3 Å². The Morgan fingerprint density at radius 2 is 2.26 bits per heavy atom. The number of ether oxygens (including phenoxy) is 1. The summed E-state index contributed by atoms with van der Waals surface area (Å²) in [4.78, 5) is 21.4. The predicted molar refractivity (Wildman–Crippen MR) is 91.5 cm³/mol. The van der Waals surface area contributed by atoms with Crippen LogP contribution in [0, 0.1) is 6.92 Å². The average Bonchev–Trinajstić information content (AvgIpc) is 3.13. The van der Waals surface area contributed by atoms with Crippen molar-refractivity contribution in [2.75, 3.05) is 32.8 Å². The molecule has 0 aliphatic carbocycles. The Hall–Kier alpha value is -0.980. The quantitative estimate of drug-likeness (QED) is 0.828. The van der Waals surface area contributed by atoms with Gasteiger partial charge in [-0.05, 0) is 32.6 Å². The van der Waals surface area contributed by atoms with E-state index in [0.717, 1.165) is 75.7 Å². The van der Waals surface area contributed by atoms with Crippen LogP contribution >= 0.6 is 11.3 Å². The number of carbonyl (C=O) groups excluding carboxylic acids is 1. The highest BCUT2D eigenvalue weighted by molar-refractivity contribution is 7.09. The first-order valence-corrected chi connectivity index (χ1v) is 9.61. The third-order valence-corrected chi connectivity index (χ3v) is 5.52. The van der Waals surface area contributed by atoms with Gasteiger partial charge in [-0.25, -0.2) is 4.98 Å². The standard InChI is InChI=1S/C17H27N3O2S/c1-14-18-15(13-23-14)12-19-7-3-8-20(10-9-19)17(21)6-5-16-4-2-11-22-16/h13,16H,2-12H2,1H3/t16-/m0/s1. The molecule has 2 aliphatic heterocycles. The molecule has 1 amide bonds. The van der Waals surface area contributed by atoms with Crippen LogP contribution in [0.25, 0.3) is 0 Å². The first-order chi connectivity index (χ1) is 11.2. The van der Waals surface area contributed by atoms with Gasteiger partial charge < -0.3 is 9.64 Å². The van der Waals surface area contributed by atoms with Gasteiger partial charge in [-0.2, -0.15) is 0 Å². The zero-order valence-corrected chi connectivity index (χ0v) is 14.8. The Kier molecular flexibility index (Phi) is 6.02. The minimum Gasteiger partial charge on any atom is -0.378 e. The summed E-state index contributed by atoms with van der Waals surface area (Å²) in [6.07, 6.45) is 5.15. The molecule has 5 nitrogen and oxygen atoms in total. The van der Waals surface area contributed by atoms with E-state index in [0.29, 0.717) is 18.4 Å². The number of amides is 1. The van der Waals surface area contributed by atoms with Crippen molar-refractivity contribution in [2.45, 2.75) is 51.7 Å². The zero-order valence-electron chi connectivity index (χ0n) is 14.0. The number of hydrogen-bond acceptors (Lipinski definition) is 5. The fourth-order valence-electron chi connectivity index (χ4n) is 3.40. The highest BCUT2D eigenvalue weighted by atomic mass is 32.1. The van der Waals surface area contributed by atoms with E-state index in [4.69, 9.17) is 4.74 Å². The van der Waals surface area contributed by atoms with Gasteiger partial charge in [0.2, 0.25) is 5.91 Å². The van der Waals surface area contributed by atoms with E-state index < -0.39 is 0 Å². The maximum absolute atomic E-state index is 12.4. The maximum atomic E-state index is 12.4. The van der Waals surface area contributed by atoms with Gasteiger partial charge in [-0.1, -0.05) is 0 Å². The lowest BCUT2D eigenvalue weighted by atomic mass is 10.1. The van der Waals surface area contributed by atoms with E-state index >= 15 is 0 Å². The molecular weight excluding hydrogens is 310 g/mol. The zero-order chi connectivity index (χ0) is 16.1. The van der Waals surface area contributed by atoms with Crippen molar-refractivity contribution >= 4 is 17.2 Å². The van der Waals surface area contributed by atoms with Crippen molar-refractivity contribution in [2.24, 2.45) is 0 Å². The number of rotatable bonds is 5. The van der Waals surface area contributed by atoms with Crippen LogP contribution in [-0.4, -0.2) is 59.6 Å². The molecule has 3 heterocycles. The van der Waals surface area contributed by atoms with Crippen LogP contribution in [0.3, 0.4) is 0 Å². The number of aromatic nitrogens is 1. The topological polar surface area (TPSA) is 45.7 Å². The fraction of sp³-hybridized carbons (Fsp3) is 0.765. The van der Waals surface area contributed by atoms with Crippen LogP contribution < -0.4 is 0 Å². The van der Waals surface area contributed by atoms with Gasteiger partial charge in [-0.3, -0.25) is 9.69 Å². The van der Waals surface area contributed by atoms with Gasteiger partial charge in [0.25, 0.3) is 0 Å². The molecule has 0 saturated carbocycles. The lowest BCUT2D eigenvalue weighted by Gasteiger charge is -2.22. The molecule has 0 unspecified atom stereocenters. The molecule has 0 spiro atoms. The first-order valence-electron chi connectivity index (χ1n) is 8.73. The van der Waals surface area contributed by atoms with Gasteiger partial charge in [0, 0.05) is 51.1 Å². The van der Waals surface area contributed by atoms with Crippen LogP contribution in [0.5, 0.6) is 0 Å². The highest BCUT2D eigenvalue weighted by Crippen LogP contribution is 2.18. The summed E-state index contributed by atoms with van der Waals surface area (Å²) < 4.78 is 5.62. The molecule has 0 N–H and O–H groups in total. The van der Waals surface area contributed by atoms with Gasteiger partial charge in [0.05, 0.1) is 16.8 Å². The summed E-state index contributed by atoms with van der Waals surface area (Å²) in [7, 11) is 0. The summed E-state index contributed by atoms with van der Waals surface area (Å²) in [5.41, 5.74) is 1.16. The number of hydrogen-bond donors (Lipinski definition) is 0. The number of aryl methyl sites for hydroxylation is 1. The Morgan fingerprint density at radius 3 is 3.00 bits per heavy atom. The van der Waals surface area contributed by atoms with Crippen molar-refractivity contribution < 1.29 is 9.53 Å². The molecule has 0 radical (unpaired) electrons. The van der Waals surface area contributed by atoms with Crippen molar-refractivity contribution in [3.63, 3.8) is 0 Å². The molecular formula is C17H27N3O2S. The summed E-state index contributed by atoms with van der Waals surface area (Å²) >= 11 is 1.71. The van der Waals surface area contributed by atoms with E-state index in [-0.39, 0.29) is 0 Å². The second-order valence-corrected chi connectivity index (χ2v) is 7.60. The minimum atomic E-state index is 0.298. The molecule has 1 atom stereocenters. The number of thiazole rings is 1. The molecule has 2 aliphatic rings. The highest BCUT2D eigenvalue weighted by Gasteiger charge is 2.22. The Labute approximate surface area is 142 Å². The van der Waals surface area contributed by atoms with Crippen LogP contribution in [0.1, 0.15) is 42.8 Å². The Morgan fingerprint density at radius 1 is 1.35 bits per heavy atom. The second kappa shape index (κ2) is 8.22. The van der Waals surface area contributed by atoms with Gasteiger partial charge >= 0.3 is 0 Å². The summed E-state index contributed by atoms with van der Waals surface area (Å²) in [6, 6.07) is 0. The first kappa shape index (κ1) is 16.9. The molecule has 1 aromatic rings. The summed E-state index contributed by atoms with van der Waals surface area (Å²) in [5.74, 6) is 0.298. The van der Waals surface area contributed by atoms with E-state index in [9.17, 15) is 4.79 Å². The monoisotopic (exact) mass is 337 g/mol. The number of carbonyl (C=O) groups is 1. The molecule has 0 bridgehead atoms. The van der Waals surface area contributed by atoms with Crippen LogP contribution in [-0.2, 0) is 16.1 Å². The van der Waals surface area contributed by atoms with Crippen molar-refractivity contribution in [3.05, 3.63) is 16.1 Å². The lowest BCUT2D eigenvalue weighted by Crippen LogP contribution is -2.35. The van der Waals surface area contributed by atoms with Gasteiger partial charge in [0.15, 0.2) is 0 Å². The normalized spacial score (nSPS) is 23.2. The van der Waals surface area contributed by atoms with E-state index in [2.05, 4.69) is 15.3 Å². The second-order valence-electron chi connectivity index (χ2n) is 6.54. The summed E-state index contributed by atoms with van der Waals surface area (Å²) in [6.45, 7) is 7.54. The fourth-order valence-corrected chi connectivity index (χ4v) is 4.01. The van der Waals surface area contributed by atoms with Gasteiger partial charge in [0.1, 0.15) is 0 Å². The maximum Gasteiger partial charge on any atom is 0.222 e. The molecule has 1 aromatic heterocycles. The molecule has 2 fully saturated rings. The Balaban J connectivity index is 1.42. The van der Waals surface area contributed by atoms with Crippen molar-refractivity contribution in [3.8, 4) is 0 Å². The third kappa shape index (κ3) is 4.99. The minimum absolute atomic E-state index is 0.298. The molecule has 0 aromatic carbocycles. The van der Waals surface area contributed by atoms with Gasteiger partial charge in [-0.15, -0.1) is 11.3 Å². The smallest absolute Gasteiger partial charge is 0.222 e. The van der Waals surface area contributed by atoms with Crippen LogP contribution in [0.2, 0.25) is 0 Å². The molecule has 2 saturated heterocycles. The van der Waals surface area contributed by atoms with Crippen molar-refractivity contribution in [1.82, 2.24) is 14.8 Å². The molecule has 6 heteroatoms.